The summed E-state index contributed by atoms with van der Waals surface area (Å²) in [5.41, 5.74) is 2.33. The van der Waals surface area contributed by atoms with Crippen molar-refractivity contribution in [1.29, 1.82) is 0 Å². The molecule has 0 spiro atoms. The first kappa shape index (κ1) is 18.5. The highest BCUT2D eigenvalue weighted by Gasteiger charge is 2.18. The number of rotatable bonds is 7. The third kappa shape index (κ3) is 5.10. The van der Waals surface area contributed by atoms with E-state index in [1.54, 1.807) is 12.1 Å². The van der Waals surface area contributed by atoms with E-state index >= 15 is 0 Å². The number of hydrogen-bond donors (Lipinski definition) is 2. The molecule has 0 aromatic heterocycles. The molecule has 0 amide bonds. The Morgan fingerprint density at radius 2 is 1.71 bits per heavy atom. The molecule has 2 aromatic rings. The summed E-state index contributed by atoms with van der Waals surface area (Å²) in [6.07, 6.45) is 3.74. The van der Waals surface area contributed by atoms with E-state index in [0.717, 1.165) is 5.56 Å². The van der Waals surface area contributed by atoms with E-state index in [-0.39, 0.29) is 24.0 Å². The van der Waals surface area contributed by atoms with E-state index in [0.29, 0.717) is 16.9 Å². The molecule has 2 aromatic carbocycles. The second-order valence-electron chi connectivity index (χ2n) is 5.29. The maximum absolute atomic E-state index is 11.1. The second-order valence-corrected chi connectivity index (χ2v) is 6.20. The van der Waals surface area contributed by atoms with Crippen LogP contribution in [0.4, 0.5) is 0 Å². The zero-order valence-corrected chi connectivity index (χ0v) is 14.8. The van der Waals surface area contributed by atoms with Crippen LogP contribution in [-0.2, 0) is 11.4 Å². The van der Waals surface area contributed by atoms with Crippen molar-refractivity contribution in [1.82, 2.24) is 0 Å². The van der Waals surface area contributed by atoms with Crippen molar-refractivity contribution in [2.24, 2.45) is 0 Å². The van der Waals surface area contributed by atoms with Crippen molar-refractivity contribution >= 4 is 35.8 Å². The molecule has 0 heterocycles. The van der Waals surface area contributed by atoms with Gasteiger partial charge < -0.3 is 8.37 Å². The Balaban J connectivity index is 2.46. The first-order valence-corrected chi connectivity index (χ1v) is 8.92. The lowest BCUT2D eigenvalue weighted by atomic mass is 9.98. The Morgan fingerprint density at radius 3 is 2.29 bits per heavy atom. The van der Waals surface area contributed by atoms with E-state index in [4.69, 9.17) is 17.5 Å². The van der Waals surface area contributed by atoms with Crippen molar-refractivity contribution in [2.45, 2.75) is 19.8 Å². The fraction of sp³-hybridized carbons (Fsp3) is 0.176. The van der Waals surface area contributed by atoms with Gasteiger partial charge in [-0.05, 0) is 29.2 Å². The zero-order chi connectivity index (χ0) is 17.5. The molecule has 1 unspecified atom stereocenters. The average molecular weight is 366 g/mol. The highest BCUT2D eigenvalue weighted by Crippen LogP contribution is 2.38. The van der Waals surface area contributed by atoms with Gasteiger partial charge in [0.05, 0.1) is 0 Å². The molecule has 24 heavy (non-hydrogen) atoms. The molecule has 7 heteroatoms. The Hall–Kier alpha value is -1.80. The summed E-state index contributed by atoms with van der Waals surface area (Å²) >= 11 is -2.23. The maximum Gasteiger partial charge on any atom is 0.357 e. The van der Waals surface area contributed by atoms with Crippen LogP contribution in [0.15, 0.2) is 42.5 Å². The van der Waals surface area contributed by atoms with Gasteiger partial charge in [0.1, 0.15) is 11.5 Å². The molecule has 1 atom stereocenters. The highest BCUT2D eigenvalue weighted by atomic mass is 32.2. The molecule has 0 bridgehead atoms. The maximum atomic E-state index is 11.1. The monoisotopic (exact) mass is 366 g/mol. The second kappa shape index (κ2) is 8.89. The van der Waals surface area contributed by atoms with Crippen molar-refractivity contribution in [3.63, 3.8) is 0 Å². The van der Waals surface area contributed by atoms with Crippen LogP contribution in [0.25, 0.3) is 12.2 Å². The van der Waals surface area contributed by atoms with E-state index in [9.17, 15) is 4.21 Å². The molecule has 2 rings (SSSR count). The van der Waals surface area contributed by atoms with Crippen LogP contribution in [0.1, 0.15) is 36.5 Å². The molecule has 0 aliphatic carbocycles. The van der Waals surface area contributed by atoms with Crippen molar-refractivity contribution in [3.05, 3.63) is 59.2 Å². The van der Waals surface area contributed by atoms with Gasteiger partial charge in [0, 0.05) is 5.56 Å². The summed E-state index contributed by atoms with van der Waals surface area (Å²) in [6, 6.07) is 13.1. The van der Waals surface area contributed by atoms with E-state index < -0.39 is 11.4 Å². The van der Waals surface area contributed by atoms with Crippen LogP contribution in [0.5, 0.6) is 11.5 Å². The molecular weight excluding hydrogens is 348 g/mol. The Morgan fingerprint density at radius 1 is 1.08 bits per heavy atom. The van der Waals surface area contributed by atoms with Crippen molar-refractivity contribution < 1.29 is 21.7 Å². The Kier molecular flexibility index (Phi) is 6.86. The fourth-order valence-electron chi connectivity index (χ4n) is 2.30. The van der Waals surface area contributed by atoms with E-state index in [1.807, 2.05) is 56.3 Å². The molecule has 0 fully saturated rings. The third-order valence-corrected chi connectivity index (χ3v) is 3.84. The largest absolute Gasteiger partial charge is 0.400 e. The fourth-order valence-corrected chi connectivity index (χ4v) is 2.81. The van der Waals surface area contributed by atoms with Crippen LogP contribution in [0.3, 0.4) is 0 Å². The lowest BCUT2D eigenvalue weighted by Crippen LogP contribution is -2.04. The normalized spacial score (nSPS) is 12.5. The van der Waals surface area contributed by atoms with Crippen molar-refractivity contribution in [3.8, 4) is 11.5 Å². The quantitative estimate of drug-likeness (QED) is 0.408. The minimum absolute atomic E-state index is 0.0298. The minimum Gasteiger partial charge on any atom is -0.400 e. The van der Waals surface area contributed by atoms with Gasteiger partial charge in [0.2, 0.25) is 12.3 Å². The SMILES string of the molecule is CC(C)c1c(OSO)cc(/C=C/c2ccccc2)cc1OS(=O)O. The van der Waals surface area contributed by atoms with Crippen LogP contribution in [0, 0.1) is 0 Å². The summed E-state index contributed by atoms with van der Waals surface area (Å²) in [5, 5.41) is 0. The first-order chi connectivity index (χ1) is 11.5. The summed E-state index contributed by atoms with van der Waals surface area (Å²) in [7, 11) is 0. The molecule has 0 radical (unpaired) electrons. The van der Waals surface area contributed by atoms with Gasteiger partial charge >= 0.3 is 11.4 Å². The van der Waals surface area contributed by atoms with Crippen LogP contribution >= 0.6 is 12.3 Å². The highest BCUT2D eigenvalue weighted by molar-refractivity contribution is 7.89. The molecule has 0 saturated heterocycles. The van der Waals surface area contributed by atoms with Crippen LogP contribution in [0.2, 0.25) is 0 Å². The predicted molar refractivity (Wildman–Crippen MR) is 98.1 cm³/mol. The van der Waals surface area contributed by atoms with Gasteiger partial charge in [-0.2, -0.15) is 4.21 Å². The summed E-state index contributed by atoms with van der Waals surface area (Å²) in [4.78, 5) is 0. The standard InChI is InChI=1S/C17H18O5S2/c1-12(2)17-15(21-23-18)10-14(11-16(17)22-24(19)20)9-8-13-6-4-3-5-7-13/h3-12,18H,1-2H3,(H,19,20)/b9-8+. The van der Waals surface area contributed by atoms with Crippen LogP contribution < -0.4 is 8.37 Å². The lowest BCUT2D eigenvalue weighted by Gasteiger charge is -2.16. The summed E-state index contributed by atoms with van der Waals surface area (Å²) < 4.78 is 39.4. The van der Waals surface area contributed by atoms with Crippen LogP contribution in [-0.4, -0.2) is 13.3 Å². The molecule has 0 aliphatic heterocycles. The zero-order valence-electron chi connectivity index (χ0n) is 13.2. The number of hydrogen-bond acceptors (Lipinski definition) is 5. The molecule has 0 aliphatic rings. The van der Waals surface area contributed by atoms with E-state index in [1.165, 1.54) is 0 Å². The number of benzene rings is 2. The Bertz CT molecular complexity index is 729. The summed E-state index contributed by atoms with van der Waals surface area (Å²) in [5.74, 6) is 0.594. The van der Waals surface area contributed by atoms with Gasteiger partial charge in [-0.1, -0.05) is 56.3 Å². The Labute approximate surface area is 148 Å². The molecular formula is C17H18O5S2. The smallest absolute Gasteiger partial charge is 0.357 e. The lowest BCUT2D eigenvalue weighted by molar-refractivity contribution is 0.451. The van der Waals surface area contributed by atoms with Gasteiger partial charge in [-0.15, -0.1) is 0 Å². The average Bonchev–Trinajstić information content (AvgIpc) is 2.53. The molecule has 2 N–H and O–H groups in total. The summed E-state index contributed by atoms with van der Waals surface area (Å²) in [6.45, 7) is 3.80. The molecule has 128 valence electrons. The minimum atomic E-state index is -2.45. The first-order valence-electron chi connectivity index (χ1n) is 7.19. The molecule has 0 saturated carbocycles. The van der Waals surface area contributed by atoms with Crippen molar-refractivity contribution in [2.75, 3.05) is 0 Å². The van der Waals surface area contributed by atoms with Gasteiger partial charge in [0.15, 0.2) is 0 Å². The van der Waals surface area contributed by atoms with Gasteiger partial charge in [-0.3, -0.25) is 9.11 Å². The predicted octanol–water partition coefficient (Wildman–Crippen LogP) is 5.00. The third-order valence-electron chi connectivity index (χ3n) is 3.26. The van der Waals surface area contributed by atoms with E-state index in [2.05, 4.69) is 0 Å². The van der Waals surface area contributed by atoms with Gasteiger partial charge in [0.25, 0.3) is 0 Å². The molecule has 5 nitrogen and oxygen atoms in total. The van der Waals surface area contributed by atoms with Gasteiger partial charge in [-0.25, -0.2) is 0 Å². The topological polar surface area (TPSA) is 76.0 Å².